The highest BCUT2D eigenvalue weighted by atomic mass is 16.5. The van der Waals surface area contributed by atoms with E-state index in [4.69, 9.17) is 14.0 Å². The predicted molar refractivity (Wildman–Crippen MR) is 72.1 cm³/mol. The summed E-state index contributed by atoms with van der Waals surface area (Å²) in [4.78, 5) is 4.33. The molecule has 0 atom stereocenters. The van der Waals surface area contributed by atoms with E-state index in [1.54, 1.807) is 20.5 Å². The summed E-state index contributed by atoms with van der Waals surface area (Å²) < 4.78 is 17.1. The Kier molecular flexibility index (Phi) is 5.72. The maximum Gasteiger partial charge on any atom is 0.162 e. The van der Waals surface area contributed by atoms with E-state index in [9.17, 15) is 0 Å². The smallest absolute Gasteiger partial charge is 0.162 e. The Bertz CT molecular complexity index is 509. The monoisotopic (exact) mass is 280 g/mol. The lowest BCUT2D eigenvalue weighted by Gasteiger charge is -2.00. The lowest BCUT2D eigenvalue weighted by molar-refractivity contribution is 0.155. The van der Waals surface area contributed by atoms with Gasteiger partial charge < -0.3 is 23.9 Å². The minimum atomic E-state index is 0.436. The van der Waals surface area contributed by atoms with E-state index in [2.05, 4.69) is 15.5 Å². The van der Waals surface area contributed by atoms with Gasteiger partial charge in [-0.2, -0.15) is 0 Å². The van der Waals surface area contributed by atoms with Crippen LogP contribution in [-0.4, -0.2) is 42.1 Å². The van der Waals surface area contributed by atoms with Crippen molar-refractivity contribution in [3.63, 3.8) is 0 Å². The van der Waals surface area contributed by atoms with Gasteiger partial charge in [-0.05, 0) is 0 Å². The Morgan fingerprint density at radius 1 is 1.30 bits per heavy atom. The largest absolute Gasteiger partial charge is 0.383 e. The lowest BCUT2D eigenvalue weighted by Crippen LogP contribution is -2.18. The summed E-state index contributed by atoms with van der Waals surface area (Å²) >= 11 is 0. The van der Waals surface area contributed by atoms with Gasteiger partial charge in [0.05, 0.1) is 25.2 Å². The molecule has 0 aromatic carbocycles. The van der Waals surface area contributed by atoms with Crippen LogP contribution in [-0.2, 0) is 29.2 Å². The maximum atomic E-state index is 5.14. The summed E-state index contributed by atoms with van der Waals surface area (Å²) in [5, 5.41) is 7.24. The van der Waals surface area contributed by atoms with Crippen LogP contribution in [0.25, 0.3) is 0 Å². The van der Waals surface area contributed by atoms with Crippen molar-refractivity contribution >= 4 is 0 Å². The van der Waals surface area contributed by atoms with E-state index in [0.717, 1.165) is 30.2 Å². The second kappa shape index (κ2) is 7.78. The van der Waals surface area contributed by atoms with Crippen molar-refractivity contribution in [2.75, 3.05) is 27.4 Å². The normalized spacial score (nSPS) is 11.1. The van der Waals surface area contributed by atoms with Crippen molar-refractivity contribution in [3.05, 3.63) is 35.7 Å². The van der Waals surface area contributed by atoms with Gasteiger partial charge in [-0.25, -0.2) is 4.98 Å². The van der Waals surface area contributed by atoms with Crippen molar-refractivity contribution < 1.29 is 14.0 Å². The van der Waals surface area contributed by atoms with E-state index in [0.29, 0.717) is 19.8 Å². The Hall–Kier alpha value is -1.70. The molecule has 2 rings (SSSR count). The van der Waals surface area contributed by atoms with Crippen LogP contribution in [0.1, 0.15) is 17.1 Å². The van der Waals surface area contributed by atoms with Gasteiger partial charge in [0.1, 0.15) is 12.3 Å². The summed E-state index contributed by atoms with van der Waals surface area (Å²) in [5.74, 6) is 0.726. The highest BCUT2D eigenvalue weighted by Crippen LogP contribution is 2.07. The summed E-state index contributed by atoms with van der Waals surface area (Å²) in [6.07, 6.45) is 3.78. The van der Waals surface area contributed by atoms with Gasteiger partial charge in [-0.15, -0.1) is 0 Å². The van der Waals surface area contributed by atoms with Gasteiger partial charge in [-0.1, -0.05) is 5.16 Å². The fraction of sp³-hybridized carbons (Fsp3) is 0.538. The average molecular weight is 280 g/mol. The number of nitrogens with zero attached hydrogens (tertiary/aromatic N) is 3. The van der Waals surface area contributed by atoms with Crippen LogP contribution in [0.5, 0.6) is 0 Å². The van der Waals surface area contributed by atoms with Gasteiger partial charge in [-0.3, -0.25) is 0 Å². The minimum Gasteiger partial charge on any atom is -0.383 e. The molecular formula is C13H20N4O3. The molecule has 0 aliphatic carbocycles. The second-order valence-corrected chi connectivity index (χ2v) is 4.42. The first-order chi connectivity index (χ1) is 9.81. The maximum absolute atomic E-state index is 5.14. The molecular weight excluding hydrogens is 260 g/mol. The zero-order valence-corrected chi connectivity index (χ0v) is 11.8. The zero-order valence-electron chi connectivity index (χ0n) is 11.8. The number of aromatic nitrogens is 3. The van der Waals surface area contributed by atoms with Crippen LogP contribution in [0.3, 0.4) is 0 Å². The summed E-state index contributed by atoms with van der Waals surface area (Å²) in [6, 6.07) is 1.89. The van der Waals surface area contributed by atoms with Gasteiger partial charge in [0.15, 0.2) is 5.76 Å². The lowest BCUT2D eigenvalue weighted by atomic mass is 10.3. The molecule has 0 fully saturated rings. The molecule has 0 aliphatic rings. The average Bonchev–Trinajstić information content (AvgIpc) is 3.06. The molecule has 0 amide bonds. The van der Waals surface area contributed by atoms with Crippen molar-refractivity contribution in [2.24, 2.45) is 0 Å². The van der Waals surface area contributed by atoms with Gasteiger partial charge in [0.2, 0.25) is 0 Å². The summed E-state index contributed by atoms with van der Waals surface area (Å²) in [5.41, 5.74) is 1.84. The van der Waals surface area contributed by atoms with Gasteiger partial charge in [0, 0.05) is 39.6 Å². The Balaban J connectivity index is 1.82. The van der Waals surface area contributed by atoms with Crippen LogP contribution < -0.4 is 5.32 Å². The van der Waals surface area contributed by atoms with E-state index in [1.165, 1.54) is 0 Å². The van der Waals surface area contributed by atoms with E-state index in [1.807, 2.05) is 16.8 Å². The quantitative estimate of drug-likeness (QED) is 0.685. The SMILES string of the molecule is COCCNCc1cn(Cc2cc(COC)on2)cn1. The molecule has 0 aliphatic heterocycles. The van der Waals surface area contributed by atoms with E-state index < -0.39 is 0 Å². The number of rotatable bonds is 9. The number of nitrogens with one attached hydrogen (secondary N) is 1. The van der Waals surface area contributed by atoms with E-state index >= 15 is 0 Å². The molecule has 7 nitrogen and oxygen atoms in total. The van der Waals surface area contributed by atoms with Crippen molar-refractivity contribution in [1.29, 1.82) is 0 Å². The molecule has 2 aromatic rings. The molecule has 1 N–H and O–H groups in total. The number of ether oxygens (including phenoxy) is 2. The zero-order chi connectivity index (χ0) is 14.2. The molecule has 20 heavy (non-hydrogen) atoms. The number of imidazole rings is 1. The second-order valence-electron chi connectivity index (χ2n) is 4.42. The predicted octanol–water partition coefficient (Wildman–Crippen LogP) is 0.802. The third kappa shape index (κ3) is 4.44. The number of hydrogen-bond donors (Lipinski definition) is 1. The molecule has 0 saturated heterocycles. The fourth-order valence-electron chi connectivity index (χ4n) is 1.80. The Morgan fingerprint density at radius 2 is 2.20 bits per heavy atom. The van der Waals surface area contributed by atoms with Gasteiger partial charge >= 0.3 is 0 Å². The molecule has 0 unspecified atom stereocenters. The topological polar surface area (TPSA) is 74.3 Å². The van der Waals surface area contributed by atoms with Crippen LogP contribution in [0, 0.1) is 0 Å². The van der Waals surface area contributed by atoms with Gasteiger partial charge in [0.25, 0.3) is 0 Å². The van der Waals surface area contributed by atoms with Crippen molar-refractivity contribution in [3.8, 4) is 0 Å². The summed E-state index contributed by atoms with van der Waals surface area (Å²) in [6.45, 7) is 3.31. The van der Waals surface area contributed by atoms with Crippen LogP contribution in [0.15, 0.2) is 23.1 Å². The van der Waals surface area contributed by atoms with Crippen molar-refractivity contribution in [1.82, 2.24) is 20.0 Å². The van der Waals surface area contributed by atoms with Crippen LogP contribution in [0.2, 0.25) is 0 Å². The molecule has 0 saturated carbocycles. The fourth-order valence-corrected chi connectivity index (χ4v) is 1.80. The molecule has 7 heteroatoms. The minimum absolute atomic E-state index is 0.436. The molecule has 2 aromatic heterocycles. The van der Waals surface area contributed by atoms with E-state index in [-0.39, 0.29) is 0 Å². The first kappa shape index (κ1) is 14.7. The highest BCUT2D eigenvalue weighted by molar-refractivity contribution is 5.06. The van der Waals surface area contributed by atoms with Crippen LogP contribution >= 0.6 is 0 Å². The standard InChI is InChI=1S/C13H20N4O3/c1-18-4-3-14-6-12-8-17(10-15-12)7-11-5-13(9-19-2)20-16-11/h5,8,10,14H,3-4,6-7,9H2,1-2H3. The molecule has 0 spiro atoms. The Labute approximate surface area is 117 Å². The molecule has 0 bridgehead atoms. The molecule has 2 heterocycles. The van der Waals surface area contributed by atoms with Crippen molar-refractivity contribution in [2.45, 2.75) is 19.7 Å². The summed E-state index contributed by atoms with van der Waals surface area (Å²) in [7, 11) is 3.31. The highest BCUT2D eigenvalue weighted by Gasteiger charge is 2.05. The first-order valence-electron chi connectivity index (χ1n) is 6.45. The molecule has 110 valence electrons. The third-order valence-electron chi connectivity index (χ3n) is 2.71. The Morgan fingerprint density at radius 3 is 3.00 bits per heavy atom. The molecule has 0 radical (unpaired) electrons. The van der Waals surface area contributed by atoms with Crippen LogP contribution in [0.4, 0.5) is 0 Å². The third-order valence-corrected chi connectivity index (χ3v) is 2.71. The first-order valence-corrected chi connectivity index (χ1v) is 6.45. The number of methoxy groups -OCH3 is 2. The number of hydrogen-bond acceptors (Lipinski definition) is 6.